The van der Waals surface area contributed by atoms with E-state index in [2.05, 4.69) is 43.4 Å². The highest BCUT2D eigenvalue weighted by molar-refractivity contribution is 5.91. The molecule has 0 radical (unpaired) electrons. The second kappa shape index (κ2) is 9.51. The molecular weight excluding hydrogens is 328 g/mol. The standard InChI is InChI=1S/C21H24N2O3/c1-16(2)19-10-5-17(6-11-19)4-3-15-22-21(24)14-9-18-7-12-20(13-8-18)23(25)26/h5-14,16H,3-4,15H2,1-2H3,(H,22,24)/b14-9+. The Kier molecular flexibility index (Phi) is 7.09. The van der Waals surface area contributed by atoms with Crippen molar-refractivity contribution in [2.75, 3.05) is 6.54 Å². The molecule has 0 saturated carbocycles. The minimum Gasteiger partial charge on any atom is -0.353 e. The maximum atomic E-state index is 11.8. The number of nitro groups is 1. The molecule has 2 aromatic carbocycles. The predicted octanol–water partition coefficient (Wildman–Crippen LogP) is 4.48. The molecule has 1 amide bonds. The highest BCUT2D eigenvalue weighted by atomic mass is 16.6. The molecule has 0 spiro atoms. The van der Waals surface area contributed by atoms with E-state index in [1.807, 2.05) is 0 Å². The summed E-state index contributed by atoms with van der Waals surface area (Å²) in [6.45, 7) is 4.96. The lowest BCUT2D eigenvalue weighted by Crippen LogP contribution is -2.22. The molecule has 0 saturated heterocycles. The summed E-state index contributed by atoms with van der Waals surface area (Å²) < 4.78 is 0. The van der Waals surface area contributed by atoms with Crippen LogP contribution in [0.25, 0.3) is 6.08 Å². The van der Waals surface area contributed by atoms with Gasteiger partial charge in [-0.15, -0.1) is 0 Å². The van der Waals surface area contributed by atoms with Crippen molar-refractivity contribution in [1.82, 2.24) is 5.32 Å². The number of nitro benzene ring substituents is 1. The molecule has 26 heavy (non-hydrogen) atoms. The number of nitrogens with zero attached hydrogens (tertiary/aromatic N) is 1. The Hall–Kier alpha value is -2.95. The largest absolute Gasteiger partial charge is 0.353 e. The van der Waals surface area contributed by atoms with Crippen molar-refractivity contribution in [2.24, 2.45) is 0 Å². The molecule has 0 bridgehead atoms. The van der Waals surface area contributed by atoms with Crippen LogP contribution in [0.5, 0.6) is 0 Å². The third-order valence-corrected chi connectivity index (χ3v) is 4.12. The third kappa shape index (κ3) is 6.16. The van der Waals surface area contributed by atoms with E-state index < -0.39 is 4.92 Å². The number of carbonyl (C=O) groups excluding carboxylic acids is 1. The topological polar surface area (TPSA) is 72.2 Å². The van der Waals surface area contributed by atoms with Crippen molar-refractivity contribution in [3.05, 3.63) is 81.4 Å². The van der Waals surface area contributed by atoms with Crippen LogP contribution in [0.3, 0.4) is 0 Å². The number of hydrogen-bond donors (Lipinski definition) is 1. The van der Waals surface area contributed by atoms with E-state index in [0.717, 1.165) is 18.4 Å². The van der Waals surface area contributed by atoms with Gasteiger partial charge in [0.15, 0.2) is 0 Å². The smallest absolute Gasteiger partial charge is 0.269 e. The zero-order chi connectivity index (χ0) is 18.9. The van der Waals surface area contributed by atoms with Gasteiger partial charge in [-0.2, -0.15) is 0 Å². The lowest BCUT2D eigenvalue weighted by atomic mass is 10.0. The number of carbonyl (C=O) groups is 1. The van der Waals surface area contributed by atoms with Crippen molar-refractivity contribution in [2.45, 2.75) is 32.6 Å². The van der Waals surface area contributed by atoms with Crippen LogP contribution in [0.15, 0.2) is 54.6 Å². The SMILES string of the molecule is CC(C)c1ccc(CCCNC(=O)/C=C/c2ccc([N+](=O)[O-])cc2)cc1. The molecule has 0 aromatic heterocycles. The van der Waals surface area contributed by atoms with Crippen LogP contribution in [-0.4, -0.2) is 17.4 Å². The molecule has 0 atom stereocenters. The van der Waals surface area contributed by atoms with E-state index in [4.69, 9.17) is 0 Å². The average molecular weight is 352 g/mol. The molecule has 0 heterocycles. The van der Waals surface area contributed by atoms with Gasteiger partial charge in [0.05, 0.1) is 4.92 Å². The van der Waals surface area contributed by atoms with Crippen molar-refractivity contribution in [3.63, 3.8) is 0 Å². The molecule has 2 rings (SSSR count). The van der Waals surface area contributed by atoms with Gasteiger partial charge in [-0.1, -0.05) is 38.1 Å². The second-order valence-corrected chi connectivity index (χ2v) is 6.47. The maximum absolute atomic E-state index is 11.8. The number of rotatable bonds is 8. The lowest BCUT2D eigenvalue weighted by molar-refractivity contribution is -0.384. The number of amides is 1. The van der Waals surface area contributed by atoms with E-state index >= 15 is 0 Å². The fourth-order valence-corrected chi connectivity index (χ4v) is 2.51. The zero-order valence-electron chi connectivity index (χ0n) is 15.1. The van der Waals surface area contributed by atoms with Crippen molar-refractivity contribution in [1.29, 1.82) is 0 Å². The summed E-state index contributed by atoms with van der Waals surface area (Å²) in [6.07, 6.45) is 4.88. The molecule has 5 heteroatoms. The zero-order valence-corrected chi connectivity index (χ0v) is 15.1. The first kappa shape index (κ1) is 19.4. The predicted molar refractivity (Wildman–Crippen MR) is 104 cm³/mol. The van der Waals surface area contributed by atoms with Gasteiger partial charge in [0.2, 0.25) is 5.91 Å². The molecule has 0 fully saturated rings. The van der Waals surface area contributed by atoms with Crippen LogP contribution in [0.2, 0.25) is 0 Å². The summed E-state index contributed by atoms with van der Waals surface area (Å²) in [5.74, 6) is 0.365. The van der Waals surface area contributed by atoms with Gasteiger partial charge in [-0.05, 0) is 53.7 Å². The summed E-state index contributed by atoms with van der Waals surface area (Å²) in [5, 5.41) is 13.4. The maximum Gasteiger partial charge on any atom is 0.269 e. The lowest BCUT2D eigenvalue weighted by Gasteiger charge is -2.07. The van der Waals surface area contributed by atoms with Gasteiger partial charge in [0.1, 0.15) is 0 Å². The highest BCUT2D eigenvalue weighted by Gasteiger charge is 2.03. The van der Waals surface area contributed by atoms with Gasteiger partial charge in [0, 0.05) is 24.8 Å². The van der Waals surface area contributed by atoms with Gasteiger partial charge >= 0.3 is 0 Å². The van der Waals surface area contributed by atoms with Crippen LogP contribution in [0, 0.1) is 10.1 Å². The Morgan fingerprint density at radius 1 is 1.12 bits per heavy atom. The molecule has 5 nitrogen and oxygen atoms in total. The van der Waals surface area contributed by atoms with Crippen molar-refractivity contribution in [3.8, 4) is 0 Å². The van der Waals surface area contributed by atoms with Gasteiger partial charge < -0.3 is 5.32 Å². The fourth-order valence-electron chi connectivity index (χ4n) is 2.51. The molecule has 0 aliphatic heterocycles. The first-order valence-electron chi connectivity index (χ1n) is 8.75. The van der Waals surface area contributed by atoms with E-state index in [1.165, 1.54) is 29.3 Å². The molecule has 2 aromatic rings. The quantitative estimate of drug-likeness (QED) is 0.329. The highest BCUT2D eigenvalue weighted by Crippen LogP contribution is 2.15. The first-order valence-corrected chi connectivity index (χ1v) is 8.75. The van der Waals surface area contributed by atoms with Gasteiger partial charge in [-0.25, -0.2) is 0 Å². The van der Waals surface area contributed by atoms with Crippen molar-refractivity contribution < 1.29 is 9.72 Å². The summed E-state index contributed by atoms with van der Waals surface area (Å²) in [7, 11) is 0. The second-order valence-electron chi connectivity index (χ2n) is 6.47. The van der Waals surface area contributed by atoms with E-state index in [-0.39, 0.29) is 11.6 Å². The van der Waals surface area contributed by atoms with Gasteiger partial charge in [0.25, 0.3) is 5.69 Å². The van der Waals surface area contributed by atoms with Crippen LogP contribution in [-0.2, 0) is 11.2 Å². The minimum atomic E-state index is -0.448. The summed E-state index contributed by atoms with van der Waals surface area (Å²) >= 11 is 0. The Balaban J connectivity index is 1.72. The summed E-state index contributed by atoms with van der Waals surface area (Å²) in [5.41, 5.74) is 3.38. The first-order chi connectivity index (χ1) is 12.5. The van der Waals surface area contributed by atoms with Crippen LogP contribution in [0.1, 0.15) is 42.9 Å². The summed E-state index contributed by atoms with van der Waals surface area (Å²) in [6, 6.07) is 14.7. The number of hydrogen-bond acceptors (Lipinski definition) is 3. The average Bonchev–Trinajstić information content (AvgIpc) is 2.64. The van der Waals surface area contributed by atoms with Crippen LogP contribution >= 0.6 is 0 Å². The number of nitrogens with one attached hydrogen (secondary N) is 1. The van der Waals surface area contributed by atoms with E-state index in [1.54, 1.807) is 18.2 Å². The van der Waals surface area contributed by atoms with E-state index in [9.17, 15) is 14.9 Å². The molecule has 0 aliphatic carbocycles. The molecule has 0 aliphatic rings. The Morgan fingerprint density at radius 2 is 1.77 bits per heavy atom. The van der Waals surface area contributed by atoms with Crippen LogP contribution < -0.4 is 5.32 Å². The third-order valence-electron chi connectivity index (χ3n) is 4.12. The molecule has 1 N–H and O–H groups in total. The Labute approximate surface area is 153 Å². The molecule has 0 unspecified atom stereocenters. The molecular formula is C21H24N2O3. The van der Waals surface area contributed by atoms with E-state index in [0.29, 0.717) is 12.5 Å². The number of benzene rings is 2. The Morgan fingerprint density at radius 3 is 2.35 bits per heavy atom. The fraction of sp³-hybridized carbons (Fsp3) is 0.286. The Bertz CT molecular complexity index is 763. The molecule has 136 valence electrons. The summed E-state index contributed by atoms with van der Waals surface area (Å²) in [4.78, 5) is 22.0. The normalized spacial score (nSPS) is 11.0. The van der Waals surface area contributed by atoms with Crippen LogP contribution in [0.4, 0.5) is 5.69 Å². The number of aryl methyl sites for hydroxylation is 1. The minimum absolute atomic E-state index is 0.0352. The van der Waals surface area contributed by atoms with Crippen molar-refractivity contribution >= 4 is 17.7 Å². The van der Waals surface area contributed by atoms with Gasteiger partial charge in [-0.3, -0.25) is 14.9 Å². The number of non-ortho nitro benzene ring substituents is 1. The monoisotopic (exact) mass is 352 g/mol.